The van der Waals surface area contributed by atoms with Gasteiger partial charge in [-0.1, -0.05) is 55.1 Å². The van der Waals surface area contributed by atoms with Crippen molar-refractivity contribution in [3.8, 4) is 0 Å². The number of carbonyl (C=O) groups excluding carboxylic acids is 2. The molecular weight excluding hydrogens is 480 g/mol. The number of ether oxygens (including phenoxy) is 1. The van der Waals surface area contributed by atoms with Gasteiger partial charge in [0.05, 0.1) is 11.3 Å². The Morgan fingerprint density at radius 3 is 2.24 bits per heavy atom. The summed E-state index contributed by atoms with van der Waals surface area (Å²) in [5.74, 6) is -2.86. The first kappa shape index (κ1) is 25.5. The first-order chi connectivity index (χ1) is 16.0. The molecule has 34 heavy (non-hydrogen) atoms. The third-order valence-electron chi connectivity index (χ3n) is 5.24. The second-order valence-electron chi connectivity index (χ2n) is 7.67. The Morgan fingerprint density at radius 2 is 1.74 bits per heavy atom. The van der Waals surface area contributed by atoms with Crippen LogP contribution in [0.3, 0.4) is 0 Å². The van der Waals surface area contributed by atoms with Gasteiger partial charge in [-0.3, -0.25) is 9.59 Å². The number of rotatable bonds is 10. The van der Waals surface area contributed by atoms with Crippen LogP contribution in [-0.4, -0.2) is 60.5 Å². The predicted octanol–water partition coefficient (Wildman–Crippen LogP) is 2.01. The first-order valence-corrected chi connectivity index (χ1v) is 13.0. The van der Waals surface area contributed by atoms with Crippen LogP contribution >= 0.6 is 10.8 Å². The smallest absolute Gasteiger partial charge is 0.330 e. The van der Waals surface area contributed by atoms with Gasteiger partial charge >= 0.3 is 5.97 Å². The molecule has 2 aromatic carbocycles. The summed E-state index contributed by atoms with van der Waals surface area (Å²) in [6, 6.07) is 14.7. The lowest BCUT2D eigenvalue weighted by Gasteiger charge is -2.55. The average molecular weight is 505 g/mol. The highest BCUT2D eigenvalue weighted by atomic mass is 33.1. The van der Waals surface area contributed by atoms with Crippen LogP contribution in [0.2, 0.25) is 0 Å². The number of nitrogens with one attached hydrogen (secondary N) is 1. The zero-order valence-electron chi connectivity index (χ0n) is 18.5. The summed E-state index contributed by atoms with van der Waals surface area (Å²) in [4.78, 5) is 38.8. The van der Waals surface area contributed by atoms with Gasteiger partial charge in [0.15, 0.2) is 11.4 Å². The molecule has 1 heterocycles. The van der Waals surface area contributed by atoms with Gasteiger partial charge in [0.25, 0.3) is 11.6 Å². The highest BCUT2D eigenvalue weighted by Gasteiger charge is 2.67. The Hall–Kier alpha value is -3.15. The molecule has 0 aromatic heterocycles. The van der Waals surface area contributed by atoms with Crippen molar-refractivity contribution >= 4 is 37.4 Å². The normalized spacial score (nSPS) is 20.8. The average Bonchev–Trinajstić information content (AvgIpc) is 2.80. The molecular formula is C23H24N2O7S2. The molecule has 1 saturated heterocycles. The fraction of sp³-hybridized carbons (Fsp3) is 0.261. The summed E-state index contributed by atoms with van der Waals surface area (Å²) in [6.45, 7) is 5.05. The van der Waals surface area contributed by atoms with Crippen molar-refractivity contribution in [1.29, 1.82) is 0 Å². The Labute approximate surface area is 201 Å². The number of likely N-dealkylation sites (tertiary alicyclic amines) is 1. The van der Waals surface area contributed by atoms with Gasteiger partial charge in [-0.05, 0) is 30.2 Å². The van der Waals surface area contributed by atoms with Crippen LogP contribution in [0.1, 0.15) is 12.5 Å². The van der Waals surface area contributed by atoms with Crippen molar-refractivity contribution in [1.82, 2.24) is 10.2 Å². The van der Waals surface area contributed by atoms with E-state index in [1.165, 1.54) is 31.2 Å². The zero-order chi connectivity index (χ0) is 25.1. The van der Waals surface area contributed by atoms with E-state index in [9.17, 15) is 27.9 Å². The van der Waals surface area contributed by atoms with Crippen molar-refractivity contribution in [2.45, 2.75) is 35.4 Å². The van der Waals surface area contributed by atoms with Crippen molar-refractivity contribution in [2.24, 2.45) is 0 Å². The highest BCUT2D eigenvalue weighted by Crippen LogP contribution is 2.45. The molecule has 0 aliphatic carbocycles. The van der Waals surface area contributed by atoms with Crippen LogP contribution in [-0.2, 0) is 34.4 Å². The minimum atomic E-state index is -4.07. The summed E-state index contributed by atoms with van der Waals surface area (Å²) < 4.78 is 31.6. The van der Waals surface area contributed by atoms with Crippen LogP contribution in [0, 0.1) is 0 Å². The number of nitrogens with zero attached hydrogens (tertiary/aromatic N) is 1. The second-order valence-corrected chi connectivity index (χ2v) is 11.6. The molecule has 2 amide bonds. The van der Waals surface area contributed by atoms with Gasteiger partial charge in [-0.15, -0.1) is 0 Å². The Morgan fingerprint density at radius 1 is 1.18 bits per heavy atom. The van der Waals surface area contributed by atoms with Gasteiger partial charge in [0.1, 0.15) is 0 Å². The number of aliphatic carboxylic acids is 1. The molecule has 3 rings (SSSR count). The van der Waals surface area contributed by atoms with E-state index in [0.717, 1.165) is 12.0 Å². The quantitative estimate of drug-likeness (QED) is 0.218. The molecule has 9 nitrogen and oxygen atoms in total. The topological polar surface area (TPSA) is 130 Å². The summed E-state index contributed by atoms with van der Waals surface area (Å²) >= 11 is 0. The Balaban J connectivity index is 1.99. The number of carboxylic acids is 1. The van der Waals surface area contributed by atoms with E-state index in [-0.39, 0.29) is 16.9 Å². The molecule has 0 saturated carbocycles. The molecule has 0 spiro atoms. The largest absolute Gasteiger partial charge is 0.479 e. The Kier molecular flexibility index (Phi) is 7.49. The minimum absolute atomic E-state index is 0.0397. The molecule has 180 valence electrons. The number of carboxylic acid groups (broad SMARTS) is 1. The number of benzene rings is 2. The molecule has 1 aliphatic heterocycles. The first-order valence-electron chi connectivity index (χ1n) is 10.1. The lowest BCUT2D eigenvalue weighted by Crippen LogP contribution is -2.82. The van der Waals surface area contributed by atoms with Crippen molar-refractivity contribution in [2.75, 3.05) is 7.11 Å². The third-order valence-corrected chi connectivity index (χ3v) is 8.96. The number of methoxy groups -OCH3 is 1. The number of β-lactam (4-membered cyclic amide) rings is 1. The summed E-state index contributed by atoms with van der Waals surface area (Å²) in [5, 5.41) is 10.8. The lowest BCUT2D eigenvalue weighted by atomic mass is 9.95. The highest BCUT2D eigenvalue weighted by molar-refractivity contribution is 8.72. The zero-order valence-corrected chi connectivity index (χ0v) is 20.1. The van der Waals surface area contributed by atoms with E-state index in [4.69, 9.17) is 4.74 Å². The van der Waals surface area contributed by atoms with Crippen LogP contribution in [0.5, 0.6) is 0 Å². The lowest BCUT2D eigenvalue weighted by molar-refractivity contribution is -0.201. The fourth-order valence-corrected chi connectivity index (χ4v) is 7.23. The van der Waals surface area contributed by atoms with Gasteiger partial charge in [0, 0.05) is 17.9 Å². The second kappa shape index (κ2) is 10.00. The summed E-state index contributed by atoms with van der Waals surface area (Å²) in [5.41, 5.74) is -1.30. The maximum Gasteiger partial charge on any atom is 0.330 e. The van der Waals surface area contributed by atoms with E-state index in [1.807, 2.05) is 0 Å². The molecule has 0 bridgehead atoms. The number of amides is 2. The van der Waals surface area contributed by atoms with E-state index in [0.29, 0.717) is 16.4 Å². The molecule has 2 N–H and O–H groups in total. The molecule has 11 heteroatoms. The molecule has 0 radical (unpaired) electrons. The maximum atomic E-state index is 13.3. The molecule has 3 unspecified atom stereocenters. The standard InChI is InChI=1S/C23H24N2O7S2/c1-15(2)19(20(27)28)25-21(29)23(32-3,24-18(26)14-16-10-6-4-7-11-16)22(25)33-34(30,31)17-12-8-5-9-13-17/h4-13,19,22H,1,14H2,2-3H3,(H,24,26)(H,27,28). The monoisotopic (exact) mass is 504 g/mol. The van der Waals surface area contributed by atoms with Crippen LogP contribution in [0.25, 0.3) is 0 Å². The van der Waals surface area contributed by atoms with Gasteiger partial charge in [-0.2, -0.15) is 0 Å². The Bertz CT molecular complexity index is 1190. The molecule has 1 fully saturated rings. The number of carbonyl (C=O) groups is 3. The van der Waals surface area contributed by atoms with Crippen molar-refractivity contribution < 1.29 is 32.6 Å². The predicted molar refractivity (Wildman–Crippen MR) is 126 cm³/mol. The third kappa shape index (κ3) is 4.86. The molecule has 1 aliphatic rings. The summed E-state index contributed by atoms with van der Waals surface area (Å²) in [6.07, 6.45) is -0.0924. The van der Waals surface area contributed by atoms with Crippen LogP contribution in [0.4, 0.5) is 0 Å². The van der Waals surface area contributed by atoms with Crippen molar-refractivity contribution in [3.63, 3.8) is 0 Å². The van der Waals surface area contributed by atoms with Gasteiger partial charge in [0.2, 0.25) is 14.8 Å². The fourth-order valence-electron chi connectivity index (χ4n) is 3.62. The molecule has 3 atom stereocenters. The number of hydrogen-bond donors (Lipinski definition) is 2. The minimum Gasteiger partial charge on any atom is -0.479 e. The SMILES string of the molecule is C=C(C)C(C(=O)O)N1C(=O)C(NC(=O)Cc2ccccc2)(OC)C1SS(=O)(=O)c1ccccc1. The van der Waals surface area contributed by atoms with E-state index < -0.39 is 43.8 Å². The van der Waals surface area contributed by atoms with Gasteiger partial charge < -0.3 is 20.1 Å². The van der Waals surface area contributed by atoms with Crippen molar-refractivity contribution in [3.05, 3.63) is 78.4 Å². The summed E-state index contributed by atoms with van der Waals surface area (Å²) in [7, 11) is -2.59. The van der Waals surface area contributed by atoms with E-state index in [1.54, 1.807) is 36.4 Å². The number of hydrogen-bond acceptors (Lipinski definition) is 7. The van der Waals surface area contributed by atoms with Crippen LogP contribution < -0.4 is 5.32 Å². The van der Waals surface area contributed by atoms with Gasteiger partial charge in [-0.25, -0.2) is 13.2 Å². The van der Waals surface area contributed by atoms with E-state index in [2.05, 4.69) is 11.9 Å². The van der Waals surface area contributed by atoms with E-state index >= 15 is 0 Å². The maximum absolute atomic E-state index is 13.3. The van der Waals surface area contributed by atoms with Crippen LogP contribution in [0.15, 0.2) is 77.7 Å². The molecule has 2 aromatic rings.